The summed E-state index contributed by atoms with van der Waals surface area (Å²) in [6.07, 6.45) is 6.12. The molecule has 3 aliphatic heterocycles. The molecule has 88 heavy (non-hydrogen) atoms. The van der Waals surface area contributed by atoms with Gasteiger partial charge >= 0.3 is 23.9 Å². The number of unbranched alkanes of at least 4 members (excludes halogenated alkanes) is 2. The third-order valence-corrected chi connectivity index (χ3v) is 18.0. The Bertz CT molecular complexity index is 2950. The van der Waals surface area contributed by atoms with Crippen molar-refractivity contribution >= 4 is 70.5 Å². The number of aliphatic hydroxyl groups is 1. The summed E-state index contributed by atoms with van der Waals surface area (Å²) < 4.78 is 40.9. The molecule has 2 aromatic carbocycles. The average Bonchev–Trinajstić information content (AvgIpc) is 1.58. The van der Waals surface area contributed by atoms with Gasteiger partial charge in [-0.05, 0) is 113 Å². The summed E-state index contributed by atoms with van der Waals surface area (Å²) in [5.74, 6) is -5.05. The van der Waals surface area contributed by atoms with Gasteiger partial charge in [0.25, 0.3) is 5.91 Å². The van der Waals surface area contributed by atoms with Crippen LogP contribution >= 0.6 is 11.6 Å². The van der Waals surface area contributed by atoms with Crippen molar-refractivity contribution in [2.24, 2.45) is 29.4 Å². The average molecular weight is 1250 g/mol. The second-order valence-electron chi connectivity index (χ2n) is 24.5. The molecule has 1 saturated carbocycles. The van der Waals surface area contributed by atoms with E-state index in [1.54, 1.807) is 44.2 Å². The van der Waals surface area contributed by atoms with Gasteiger partial charge in [-0.1, -0.05) is 68.7 Å². The number of allylic oxidation sites excluding steroid dienone is 3. The predicted molar refractivity (Wildman–Crippen MR) is 327 cm³/mol. The van der Waals surface area contributed by atoms with Crippen LogP contribution in [0.3, 0.4) is 0 Å². The topological polar surface area (TPSA) is 298 Å². The number of nitrogens with one attached hydrogen (secondary N) is 2. The molecule has 4 aliphatic rings. The van der Waals surface area contributed by atoms with E-state index >= 15 is 0 Å². The Morgan fingerprint density at radius 2 is 1.69 bits per heavy atom. The molecule has 2 saturated heterocycles. The number of methoxy groups -OCH3 is 3. The highest BCUT2D eigenvalue weighted by molar-refractivity contribution is 6.35. The number of nitrogens with two attached hydrogens (primary N) is 1. The number of epoxide rings is 1. The first-order chi connectivity index (χ1) is 41.6. The number of carbonyl (C=O) groups is 9. The molecular weight excluding hydrogens is 1160 g/mol. The van der Waals surface area contributed by atoms with E-state index in [9.17, 15) is 48.3 Å². The number of primary amides is 1. The molecule has 1 aliphatic carbocycles. The van der Waals surface area contributed by atoms with Crippen molar-refractivity contribution < 1.29 is 81.4 Å². The minimum absolute atomic E-state index is 0.00171. The fourth-order valence-corrected chi connectivity index (χ4v) is 11.9. The van der Waals surface area contributed by atoms with E-state index in [-0.39, 0.29) is 91.4 Å². The Morgan fingerprint density at radius 1 is 0.977 bits per heavy atom. The molecular formula is C65H90ClN5O17. The number of urea groups is 1. The largest absolute Gasteiger partial charge is 0.496 e. The van der Waals surface area contributed by atoms with E-state index in [1.807, 2.05) is 26.8 Å². The van der Waals surface area contributed by atoms with Crippen molar-refractivity contribution in [2.45, 2.75) is 186 Å². The maximum Gasteiger partial charge on any atom is 0.328 e. The summed E-state index contributed by atoms with van der Waals surface area (Å²) in [6, 6.07) is 4.98. The SMILES string of the molecule is COc1cc(CC(=O)[C@H](CCCNC(N)=O)NC(=O)[C@@H](CC(=O)CCCCCOC(=O)C2CCC2)C(C)C)ccc1C(=O)N(C)[C@@H](C)C(=O)O[C@H]1CC(=O)N(C)c2cc(cc(OC)c2Cl)C/C(C)=C/C=C/[C@@H](OC)[C@]2(O)CC(=O)O[C@@H](C2)[C@@H](C)[C@@H]2O[C@@]12C. The van der Waals surface area contributed by atoms with Gasteiger partial charge in [-0.3, -0.25) is 33.6 Å². The normalized spacial score (nSPS) is 25.0. The van der Waals surface area contributed by atoms with Gasteiger partial charge in [-0.15, -0.1) is 0 Å². The summed E-state index contributed by atoms with van der Waals surface area (Å²) in [5.41, 5.74) is 4.70. The lowest BCUT2D eigenvalue weighted by Gasteiger charge is -2.41. The van der Waals surface area contributed by atoms with Crippen LogP contribution in [0.25, 0.3) is 0 Å². The molecule has 484 valence electrons. The Morgan fingerprint density at radius 3 is 2.34 bits per heavy atom. The maximum atomic E-state index is 14.6. The Kier molecular flexibility index (Phi) is 25.2. The number of benzene rings is 2. The number of ether oxygens (including phenoxy) is 7. The zero-order chi connectivity index (χ0) is 64.8. The van der Waals surface area contributed by atoms with Crippen molar-refractivity contribution in [3.05, 3.63) is 75.8 Å². The highest BCUT2D eigenvalue weighted by Crippen LogP contribution is 2.50. The van der Waals surface area contributed by atoms with Crippen molar-refractivity contribution in [2.75, 3.05) is 53.5 Å². The molecule has 4 bridgehead atoms. The van der Waals surface area contributed by atoms with Crippen molar-refractivity contribution in [1.82, 2.24) is 15.5 Å². The van der Waals surface area contributed by atoms with Crippen LogP contribution in [0.5, 0.6) is 11.5 Å². The van der Waals surface area contributed by atoms with Crippen molar-refractivity contribution in [3.63, 3.8) is 0 Å². The zero-order valence-electron chi connectivity index (χ0n) is 52.7. The number of rotatable bonds is 26. The molecule has 22 nitrogen and oxygen atoms in total. The summed E-state index contributed by atoms with van der Waals surface area (Å²) in [6.45, 7) is 10.9. The molecule has 0 radical (unpaired) electrons. The maximum absolute atomic E-state index is 14.6. The number of anilines is 1. The number of halogens is 1. The van der Waals surface area contributed by atoms with E-state index in [0.717, 1.165) is 35.3 Å². The quantitative estimate of drug-likeness (QED) is 0.0312. The lowest BCUT2D eigenvalue weighted by atomic mass is 9.78. The first kappa shape index (κ1) is 70.2. The molecule has 10 atom stereocenters. The highest BCUT2D eigenvalue weighted by atomic mass is 35.5. The van der Waals surface area contributed by atoms with Crippen LogP contribution in [-0.2, 0) is 70.1 Å². The van der Waals surface area contributed by atoms with Gasteiger partial charge in [0.15, 0.2) is 5.78 Å². The molecule has 3 fully saturated rings. The summed E-state index contributed by atoms with van der Waals surface area (Å²) in [7, 11) is 7.18. The zero-order valence-corrected chi connectivity index (χ0v) is 53.5. The molecule has 5 N–H and O–H groups in total. The number of hydrogen-bond acceptors (Lipinski definition) is 17. The molecule has 23 heteroatoms. The number of esters is 3. The molecule has 0 unspecified atom stereocenters. The Balaban J connectivity index is 1.17. The fraction of sp³-hybridized carbons (Fsp3) is 0.615. The van der Waals surface area contributed by atoms with Crippen LogP contribution < -0.4 is 30.7 Å². The van der Waals surface area contributed by atoms with Crippen molar-refractivity contribution in [1.29, 1.82) is 0 Å². The number of Topliss-reactive ketones (excluding diaryl/α,β-unsaturated/α-hetero) is 2. The summed E-state index contributed by atoms with van der Waals surface area (Å²) in [5, 5.41) is 17.6. The van der Waals surface area contributed by atoms with E-state index < -0.39 is 107 Å². The standard InChI is InChI=1S/C65H90ClN5O17/c1-37(2)46(33-44(72)21-13-12-14-27-85-62(79)43-19-16-20-43)59(76)69-47(22-17-26-68-63(67)80)49(73)30-41-24-25-45(50(31-41)82-9)60(77)70(7)40(5)61(78)87-54-34-55(74)71(8)48-29-42(32-51(83-10)57(48)66)28-38(3)18-15-23-53(84-11)65(81)35-52(86-56(75)36-65)39(4)58-64(54,6)88-58/h15,18,23-25,29,31-32,37,39-40,43,46-47,52-54,58,81H,12-14,16-17,19-22,26-28,30,33-36H2,1-11H3,(H,69,76)(H3,67,68,80)/b23-15+,38-18+/t39-,40+,46+,47+,52+,53-,54+,58+,64+,65-/m1/s1. The van der Waals surface area contributed by atoms with Crippen molar-refractivity contribution in [3.8, 4) is 11.5 Å². The van der Waals surface area contributed by atoms with Gasteiger partial charge < -0.3 is 64.4 Å². The Hall–Kier alpha value is -6.88. The fourth-order valence-electron chi connectivity index (χ4n) is 11.6. The number of hydrogen-bond donors (Lipinski definition) is 4. The molecule has 5 amide bonds. The van der Waals surface area contributed by atoms with Crippen LogP contribution in [-0.4, -0.2) is 160 Å². The van der Waals surface area contributed by atoms with Gasteiger partial charge in [0.2, 0.25) is 11.8 Å². The first-order valence-corrected chi connectivity index (χ1v) is 30.8. The third kappa shape index (κ3) is 18.1. The lowest BCUT2D eigenvalue weighted by Crippen LogP contribution is -2.53. The molecule has 0 spiro atoms. The predicted octanol–water partition coefficient (Wildman–Crippen LogP) is 7.27. The smallest absolute Gasteiger partial charge is 0.328 e. The van der Waals surface area contributed by atoms with E-state index in [1.165, 1.54) is 59.4 Å². The number of nitrogens with zero attached hydrogens (tertiary/aromatic N) is 2. The van der Waals surface area contributed by atoms with Crippen LogP contribution in [0.15, 0.2) is 54.1 Å². The highest BCUT2D eigenvalue weighted by Gasteiger charge is 2.64. The van der Waals surface area contributed by atoms with E-state index in [4.69, 9.17) is 50.5 Å². The monoisotopic (exact) mass is 1250 g/mol. The number of carbonyl (C=O) groups excluding carboxylic acids is 9. The number of likely N-dealkylation sites (N-methyl/N-ethyl adjacent to an activating group) is 1. The van der Waals surface area contributed by atoms with Gasteiger partial charge in [-0.25, -0.2) is 9.59 Å². The van der Waals surface area contributed by atoms with Gasteiger partial charge in [0.05, 0.1) is 63.0 Å². The van der Waals surface area contributed by atoms with Gasteiger partial charge in [0, 0.05) is 65.3 Å². The molecule has 2 aromatic rings. The van der Waals surface area contributed by atoms with Crippen LogP contribution in [0.1, 0.15) is 146 Å². The lowest BCUT2D eigenvalue weighted by molar-refractivity contribution is -0.187. The second-order valence-corrected chi connectivity index (χ2v) is 24.9. The van der Waals surface area contributed by atoms with E-state index in [2.05, 4.69) is 10.6 Å². The molecule has 0 aromatic heterocycles. The second kappa shape index (κ2) is 31.5. The van der Waals surface area contributed by atoms with Gasteiger partial charge in [-0.2, -0.15) is 0 Å². The molecule has 6 rings (SSSR count). The minimum Gasteiger partial charge on any atom is -0.496 e. The summed E-state index contributed by atoms with van der Waals surface area (Å²) in [4.78, 5) is 124. The minimum atomic E-state index is -1.67. The van der Waals surface area contributed by atoms with Crippen LogP contribution in [0.2, 0.25) is 5.02 Å². The Labute approximate surface area is 521 Å². The molecule has 3 heterocycles. The number of amides is 5. The van der Waals surface area contributed by atoms with Gasteiger partial charge in [0.1, 0.15) is 57.9 Å². The van der Waals surface area contributed by atoms with Crippen LogP contribution in [0, 0.1) is 23.7 Å². The van der Waals surface area contributed by atoms with E-state index in [0.29, 0.717) is 49.3 Å². The first-order valence-electron chi connectivity index (χ1n) is 30.4. The summed E-state index contributed by atoms with van der Waals surface area (Å²) >= 11 is 6.87. The number of fused-ring (bicyclic) bond motifs is 5. The number of ketones is 2. The third-order valence-electron chi connectivity index (χ3n) is 17.6. The van der Waals surface area contributed by atoms with Crippen LogP contribution in [0.4, 0.5) is 10.5 Å².